The lowest BCUT2D eigenvalue weighted by molar-refractivity contribution is -0.343. The number of Topliss-reactive ketones (excluding diaryl/α,β-unsaturated/α-hetero) is 1. The second-order valence-corrected chi connectivity index (χ2v) is 36.9. The van der Waals surface area contributed by atoms with Gasteiger partial charge in [0.05, 0.1) is 135 Å². The Hall–Kier alpha value is -4.55. The van der Waals surface area contributed by atoms with Crippen LogP contribution in [0.15, 0.2) is 0 Å². The molecule has 4 saturated carbocycles. The molecule has 30 atom stereocenters. The maximum atomic E-state index is 14.3. The third-order valence-corrected chi connectivity index (χ3v) is 27.5. The number of nitrogens with one attached hydrogen (secondary N) is 4. The van der Waals surface area contributed by atoms with Crippen LogP contribution < -0.4 is 21.3 Å². The summed E-state index contributed by atoms with van der Waals surface area (Å²) < 4.78 is 98.1. The average Bonchev–Trinajstić information content (AvgIpc) is 0.753. The molecule has 6 aliphatic heterocycles. The van der Waals surface area contributed by atoms with Crippen molar-refractivity contribution in [1.29, 1.82) is 0 Å². The number of hydrogen-bond donors (Lipinski definition) is 14. The predicted octanol–water partition coefficient (Wildman–Crippen LogP) is -0.158. The molecule has 10 rings (SSSR count). The number of aliphatic hydroxyl groups excluding tert-OH is 10. The Labute approximate surface area is 758 Å². The number of ketones is 1. The van der Waals surface area contributed by atoms with Gasteiger partial charge >= 0.3 is 0 Å². The van der Waals surface area contributed by atoms with Crippen LogP contribution in [0.2, 0.25) is 0 Å². The highest BCUT2D eigenvalue weighted by Crippen LogP contribution is 2.44. The normalized spacial score (nSPS) is 35.3. The fourth-order valence-corrected chi connectivity index (χ4v) is 19.4. The van der Waals surface area contributed by atoms with E-state index in [1.807, 2.05) is 13.8 Å². The highest BCUT2D eigenvalue weighted by molar-refractivity contribution is 5.83. The van der Waals surface area contributed by atoms with Crippen molar-refractivity contribution < 1.29 is 160 Å². The number of amides is 6. The van der Waals surface area contributed by atoms with E-state index in [-0.39, 0.29) is 144 Å². The SMILES string of the molecule is CC[C@H]1C[C@@H](C(=O)NCCNC(=O)CCOCCOCCOCCOCCOCCOCCC(=O)NCCCC(=O)[C@@H]2C[C@H](CC)[C@@H](O[C@@H]3O[C@@H](C)[C@@H](O)[C@@H](O)[C@@H]3O)[C@H](O[C@@H]3O[C@H](CO)[C@H](O)[C@H](O[C@@H](CC4CCCCC4)C(=O)N4CCC4)[C@H]3NC(C)=O)C2)C[C@@H](O[C@@H]2O[C@H](CO)[C@H](O)[C@H](O[C@@H](CC3CCCCC3)C(=O)N3CCC3)[C@H]2C)[C@@H]1O[C@@H]1O[C@@H](C)[C@@H](O)[C@@H](O)[C@@H]1O. The standard InChI is InChI=1S/C90H154N6O33/c1-7-58-46-60(48-63(81(58)128-89-78(109)76(107)72(103)53(4)120-89)125-88-71(94-55(6)99)83(75(106)68(51-98)127-88)123-66(86(113)96-30-17-31-96)45-57-20-13-10-14-21-57)62(100)22-15-25-91-69(101)23-32-114-34-36-116-38-40-118-42-43-119-41-39-117-37-35-115-33-24-70(102)92-26-27-93-84(111)61-47-59(8-2)82(129-90-79(110)77(108)73(104)54(5)121-90)64(49-61)124-87-52(3)80(74(105)67(50-97)126-87)122-65(85(112)95-28-16-29-95)44-56-18-11-9-12-19-56/h52-54,56-61,63-68,71-83,87-90,97-98,103-110H,7-51H2,1-6H3,(H,91,101)(H,92,102)(H,93,111)(H,94,99)/t52-,53+,54+,58+,59+,60-,61-,63-,64-,65+,66+,67-,68-,71-,72-,73-,74+,75+,76-,77-,78+,79+,80-,81-,82-,83-,87-,88-,89+,90+/m1/s1. The molecule has 0 aromatic rings. The quantitative estimate of drug-likeness (QED) is 0.0352. The molecule has 39 nitrogen and oxygen atoms in total. The van der Waals surface area contributed by atoms with Gasteiger partial charge in [-0.3, -0.25) is 33.6 Å². The van der Waals surface area contributed by atoms with Gasteiger partial charge in [-0.15, -0.1) is 0 Å². The van der Waals surface area contributed by atoms with Crippen LogP contribution in [0.1, 0.15) is 196 Å². The minimum Gasteiger partial charge on any atom is -0.394 e. The third kappa shape index (κ3) is 31.5. The summed E-state index contributed by atoms with van der Waals surface area (Å²) in [6.45, 7) is 14.7. The third-order valence-electron chi connectivity index (χ3n) is 27.5. The van der Waals surface area contributed by atoms with Crippen molar-refractivity contribution in [1.82, 2.24) is 31.1 Å². The second kappa shape index (κ2) is 55.0. The zero-order valence-corrected chi connectivity index (χ0v) is 76.6. The summed E-state index contributed by atoms with van der Waals surface area (Å²) in [5.41, 5.74) is 0. The zero-order chi connectivity index (χ0) is 92.6. The monoisotopic (exact) mass is 1850 g/mol. The molecule has 0 radical (unpaired) electrons. The number of carbonyl (C=O) groups is 7. The van der Waals surface area contributed by atoms with Crippen molar-refractivity contribution in [3.05, 3.63) is 0 Å². The Morgan fingerprint density at radius 2 is 0.814 bits per heavy atom. The highest BCUT2D eigenvalue weighted by atomic mass is 16.7. The molecule has 6 saturated heterocycles. The lowest BCUT2D eigenvalue weighted by Gasteiger charge is -2.49. The molecule has 129 heavy (non-hydrogen) atoms. The summed E-state index contributed by atoms with van der Waals surface area (Å²) in [5, 5.41) is 121. The summed E-state index contributed by atoms with van der Waals surface area (Å²) in [4.78, 5) is 98.7. The highest BCUT2D eigenvalue weighted by Gasteiger charge is 2.56. The van der Waals surface area contributed by atoms with Gasteiger partial charge < -0.3 is 158 Å². The topological polar surface area (TPSA) is 524 Å². The molecule has 742 valence electrons. The van der Waals surface area contributed by atoms with Crippen molar-refractivity contribution in [2.24, 2.45) is 41.4 Å². The number of ether oxygens (including phenoxy) is 16. The molecule has 4 aliphatic carbocycles. The molecule has 0 aromatic heterocycles. The maximum absolute atomic E-state index is 14.3. The van der Waals surface area contributed by atoms with Gasteiger partial charge in [0.25, 0.3) is 11.8 Å². The Balaban J connectivity index is 0.562. The first-order valence-electron chi connectivity index (χ1n) is 48.1. The fraction of sp³-hybridized carbons (Fsp3) is 0.922. The molecule has 39 heteroatoms. The van der Waals surface area contributed by atoms with Gasteiger partial charge in [-0.25, -0.2) is 0 Å². The van der Waals surface area contributed by atoms with E-state index in [1.54, 1.807) is 23.6 Å². The Bertz CT molecular complexity index is 3310. The average molecular weight is 1850 g/mol. The molecule has 6 amide bonds. The summed E-state index contributed by atoms with van der Waals surface area (Å²) in [5.74, 6) is -4.11. The van der Waals surface area contributed by atoms with E-state index in [1.165, 1.54) is 13.8 Å². The van der Waals surface area contributed by atoms with Gasteiger partial charge in [0.2, 0.25) is 23.6 Å². The number of rotatable bonds is 53. The molecular formula is C90H154N6O33. The minimum atomic E-state index is -1.67. The predicted molar refractivity (Wildman–Crippen MR) is 457 cm³/mol. The van der Waals surface area contributed by atoms with Crippen molar-refractivity contribution in [3.8, 4) is 0 Å². The zero-order valence-electron chi connectivity index (χ0n) is 76.6. The molecule has 6 heterocycles. The van der Waals surface area contributed by atoms with Crippen LogP contribution in [0, 0.1) is 41.4 Å². The summed E-state index contributed by atoms with van der Waals surface area (Å²) in [7, 11) is 0. The maximum Gasteiger partial charge on any atom is 0.251 e. The molecule has 10 aliphatic rings. The van der Waals surface area contributed by atoms with E-state index in [4.69, 9.17) is 75.8 Å². The van der Waals surface area contributed by atoms with Crippen molar-refractivity contribution >= 4 is 41.2 Å². The van der Waals surface area contributed by atoms with Gasteiger partial charge in [-0.1, -0.05) is 97.8 Å². The molecule has 0 bridgehead atoms. The van der Waals surface area contributed by atoms with Crippen molar-refractivity contribution in [2.75, 3.05) is 138 Å². The number of likely N-dealkylation sites (tertiary alicyclic amines) is 2. The molecule has 0 aromatic carbocycles. The van der Waals surface area contributed by atoms with Crippen LogP contribution in [-0.2, 0) is 109 Å². The Kier molecular flexibility index (Phi) is 45.4. The molecule has 10 fully saturated rings. The Morgan fingerprint density at radius 1 is 0.411 bits per heavy atom. The lowest BCUT2D eigenvalue weighted by Crippen LogP contribution is -2.67. The van der Waals surface area contributed by atoms with Gasteiger partial charge in [-0.05, 0) is 95.3 Å². The van der Waals surface area contributed by atoms with Gasteiger partial charge in [0.1, 0.15) is 91.2 Å². The molecular weight excluding hydrogens is 1690 g/mol. The van der Waals surface area contributed by atoms with E-state index < -0.39 is 196 Å². The smallest absolute Gasteiger partial charge is 0.251 e. The minimum absolute atomic E-state index is 0.0441. The largest absolute Gasteiger partial charge is 0.394 e. The van der Waals surface area contributed by atoms with Crippen molar-refractivity contribution in [3.63, 3.8) is 0 Å². The van der Waals surface area contributed by atoms with Crippen LogP contribution in [0.25, 0.3) is 0 Å². The van der Waals surface area contributed by atoms with Crippen LogP contribution in [-0.4, -0.2) is 394 Å². The summed E-state index contributed by atoms with van der Waals surface area (Å²) >= 11 is 0. The fourth-order valence-electron chi connectivity index (χ4n) is 19.4. The molecule has 0 spiro atoms. The van der Waals surface area contributed by atoms with Gasteiger partial charge in [0, 0.05) is 89.8 Å². The van der Waals surface area contributed by atoms with Gasteiger partial charge in [0.15, 0.2) is 25.2 Å². The van der Waals surface area contributed by atoms with E-state index >= 15 is 0 Å². The first kappa shape index (κ1) is 106. The van der Waals surface area contributed by atoms with E-state index in [0.29, 0.717) is 111 Å². The lowest BCUT2D eigenvalue weighted by atomic mass is 9.74. The number of hydrogen-bond acceptors (Lipinski definition) is 33. The van der Waals surface area contributed by atoms with Crippen LogP contribution in [0.3, 0.4) is 0 Å². The second-order valence-electron chi connectivity index (χ2n) is 36.9. The number of nitrogens with zero attached hydrogens (tertiary/aromatic N) is 2. The number of aliphatic hydroxyl groups is 10. The van der Waals surface area contributed by atoms with Crippen LogP contribution in [0.4, 0.5) is 0 Å². The summed E-state index contributed by atoms with van der Waals surface area (Å²) in [6, 6.07) is -1.24. The molecule has 14 N–H and O–H groups in total. The van der Waals surface area contributed by atoms with E-state index in [2.05, 4.69) is 21.3 Å². The number of carbonyl (C=O) groups excluding carboxylic acids is 7. The van der Waals surface area contributed by atoms with E-state index in [9.17, 15) is 84.6 Å². The first-order valence-corrected chi connectivity index (χ1v) is 48.1. The summed E-state index contributed by atoms with van der Waals surface area (Å²) in [6.07, 6.45) is -14.6. The van der Waals surface area contributed by atoms with E-state index in [0.717, 1.165) is 77.0 Å². The van der Waals surface area contributed by atoms with Crippen LogP contribution in [0.5, 0.6) is 0 Å². The first-order chi connectivity index (χ1) is 62.2. The molecule has 0 unspecified atom stereocenters. The Morgan fingerprint density at radius 3 is 1.25 bits per heavy atom. The van der Waals surface area contributed by atoms with Crippen molar-refractivity contribution in [2.45, 2.75) is 349 Å². The van der Waals surface area contributed by atoms with Crippen LogP contribution >= 0.6 is 0 Å². The van der Waals surface area contributed by atoms with Gasteiger partial charge in [-0.2, -0.15) is 0 Å².